The van der Waals surface area contributed by atoms with Gasteiger partial charge in [-0.2, -0.15) is 0 Å². The van der Waals surface area contributed by atoms with Crippen molar-refractivity contribution in [2.75, 3.05) is 11.4 Å². The maximum absolute atomic E-state index is 13.3. The van der Waals surface area contributed by atoms with Crippen molar-refractivity contribution < 1.29 is 14.4 Å². The molecule has 2 aromatic rings. The number of nitrogens with zero attached hydrogens (tertiary/aromatic N) is 2. The molecule has 0 bridgehead atoms. The Kier molecular flexibility index (Phi) is 4.82. The van der Waals surface area contributed by atoms with Crippen LogP contribution in [0.15, 0.2) is 48.5 Å². The minimum absolute atomic E-state index is 0.0236. The number of hydrogen-bond acceptors (Lipinski definition) is 3. The average Bonchev–Trinajstić information content (AvgIpc) is 3.16. The number of urea groups is 1. The second-order valence-corrected chi connectivity index (χ2v) is 7.97. The topological polar surface area (TPSA) is 69.7 Å². The van der Waals surface area contributed by atoms with E-state index in [4.69, 9.17) is 11.6 Å². The highest BCUT2D eigenvalue weighted by molar-refractivity contribution is 6.30. The Morgan fingerprint density at radius 2 is 1.97 bits per heavy atom. The highest BCUT2D eigenvalue weighted by atomic mass is 35.5. The predicted molar refractivity (Wildman–Crippen MR) is 111 cm³/mol. The molecule has 4 rings (SSSR count). The summed E-state index contributed by atoms with van der Waals surface area (Å²) in [5.41, 5.74) is 1.33. The number of fused-ring (bicyclic) bond motifs is 1. The standard InChI is InChI=1S/C22H22ClN3O3/c1-3-22(16-8-6-9-17(23)12-16)20(28)25(21(29)24-22)13-19(27)26-14(2)11-15-7-4-5-10-18(15)26/h4-10,12,14H,3,11,13H2,1-2H3,(H,24,29)/t14-,22-/m1/s1. The van der Waals surface area contributed by atoms with Crippen LogP contribution >= 0.6 is 11.6 Å². The van der Waals surface area contributed by atoms with Gasteiger partial charge in [-0.3, -0.25) is 14.5 Å². The quantitative estimate of drug-likeness (QED) is 0.783. The van der Waals surface area contributed by atoms with Gasteiger partial charge in [0.25, 0.3) is 5.91 Å². The second-order valence-electron chi connectivity index (χ2n) is 7.54. The van der Waals surface area contributed by atoms with Gasteiger partial charge in [-0.25, -0.2) is 4.79 Å². The first-order valence-electron chi connectivity index (χ1n) is 9.67. The van der Waals surface area contributed by atoms with E-state index in [1.54, 1.807) is 29.2 Å². The first-order chi connectivity index (χ1) is 13.9. The summed E-state index contributed by atoms with van der Waals surface area (Å²) in [5.74, 6) is -0.704. The van der Waals surface area contributed by atoms with Gasteiger partial charge in [0.2, 0.25) is 5.91 Å². The number of hydrogen-bond donors (Lipinski definition) is 1. The zero-order chi connectivity index (χ0) is 20.8. The van der Waals surface area contributed by atoms with Gasteiger partial charge in [0, 0.05) is 16.8 Å². The van der Waals surface area contributed by atoms with Crippen LogP contribution in [0.2, 0.25) is 5.02 Å². The van der Waals surface area contributed by atoms with Gasteiger partial charge in [0.05, 0.1) is 0 Å². The summed E-state index contributed by atoms with van der Waals surface area (Å²) in [6.07, 6.45) is 1.11. The lowest BCUT2D eigenvalue weighted by Gasteiger charge is -2.27. The number of para-hydroxylation sites is 1. The number of carbonyl (C=O) groups is 3. The van der Waals surface area contributed by atoms with Gasteiger partial charge in [-0.05, 0) is 49.1 Å². The molecule has 29 heavy (non-hydrogen) atoms. The fourth-order valence-electron chi connectivity index (χ4n) is 4.32. The van der Waals surface area contributed by atoms with Gasteiger partial charge < -0.3 is 10.2 Å². The minimum atomic E-state index is -1.21. The summed E-state index contributed by atoms with van der Waals surface area (Å²) in [4.78, 5) is 41.8. The van der Waals surface area contributed by atoms with Gasteiger partial charge in [-0.15, -0.1) is 0 Å². The Morgan fingerprint density at radius 3 is 2.69 bits per heavy atom. The van der Waals surface area contributed by atoms with E-state index in [2.05, 4.69) is 5.32 Å². The van der Waals surface area contributed by atoms with E-state index >= 15 is 0 Å². The van der Waals surface area contributed by atoms with Crippen LogP contribution in [0.4, 0.5) is 10.5 Å². The lowest BCUT2D eigenvalue weighted by atomic mass is 9.87. The normalized spacial score (nSPS) is 23.3. The largest absolute Gasteiger partial charge is 0.325 e. The summed E-state index contributed by atoms with van der Waals surface area (Å²) in [6.45, 7) is 3.49. The van der Waals surface area contributed by atoms with Crippen molar-refractivity contribution in [3.8, 4) is 0 Å². The molecule has 2 atom stereocenters. The van der Waals surface area contributed by atoms with Gasteiger partial charge >= 0.3 is 6.03 Å². The van der Waals surface area contributed by atoms with Crippen LogP contribution in [-0.2, 0) is 21.5 Å². The van der Waals surface area contributed by atoms with E-state index < -0.39 is 17.5 Å². The molecule has 0 spiro atoms. The Morgan fingerprint density at radius 1 is 1.21 bits per heavy atom. The molecule has 0 saturated carbocycles. The molecule has 1 fully saturated rings. The van der Waals surface area contributed by atoms with E-state index in [9.17, 15) is 14.4 Å². The molecule has 150 valence electrons. The molecular formula is C22H22ClN3O3. The fourth-order valence-corrected chi connectivity index (χ4v) is 4.51. The monoisotopic (exact) mass is 411 g/mol. The smallest absolute Gasteiger partial charge is 0.319 e. The van der Waals surface area contributed by atoms with Crippen LogP contribution in [0.5, 0.6) is 0 Å². The molecule has 4 amide bonds. The number of benzene rings is 2. The summed E-state index contributed by atoms with van der Waals surface area (Å²) in [6, 6.07) is 14.0. The first kappa shape index (κ1) is 19.5. The zero-order valence-electron chi connectivity index (χ0n) is 16.3. The van der Waals surface area contributed by atoms with Crippen molar-refractivity contribution in [3.05, 3.63) is 64.7 Å². The molecule has 0 aromatic heterocycles. The number of amides is 4. The molecule has 2 aromatic carbocycles. The van der Waals surface area contributed by atoms with Crippen molar-refractivity contribution in [2.24, 2.45) is 0 Å². The van der Waals surface area contributed by atoms with Gasteiger partial charge in [-0.1, -0.05) is 48.9 Å². The molecule has 2 aliphatic heterocycles. The first-order valence-corrected chi connectivity index (χ1v) is 10.1. The average molecular weight is 412 g/mol. The van der Waals surface area contributed by atoms with Crippen LogP contribution < -0.4 is 10.2 Å². The number of carbonyl (C=O) groups excluding carboxylic acids is 3. The molecule has 0 aliphatic carbocycles. The lowest BCUT2D eigenvalue weighted by Crippen LogP contribution is -2.46. The highest BCUT2D eigenvalue weighted by Crippen LogP contribution is 2.35. The van der Waals surface area contributed by atoms with E-state index in [1.807, 2.05) is 38.1 Å². The third-order valence-corrected chi connectivity index (χ3v) is 6.03. The second kappa shape index (κ2) is 7.19. The SMILES string of the molecule is CC[C@]1(c2cccc(Cl)c2)NC(=O)N(CC(=O)N2c3ccccc3C[C@H]2C)C1=O. The van der Waals surface area contributed by atoms with E-state index in [1.165, 1.54) is 0 Å². The van der Waals surface area contributed by atoms with E-state index in [-0.39, 0.29) is 18.5 Å². The summed E-state index contributed by atoms with van der Waals surface area (Å²) >= 11 is 6.10. The van der Waals surface area contributed by atoms with Gasteiger partial charge in [0.15, 0.2) is 0 Å². The molecule has 1 N–H and O–H groups in total. The number of imide groups is 1. The molecule has 2 heterocycles. The third-order valence-electron chi connectivity index (χ3n) is 5.79. The van der Waals surface area contributed by atoms with Gasteiger partial charge in [0.1, 0.15) is 12.1 Å². The molecule has 0 unspecified atom stereocenters. The molecular weight excluding hydrogens is 390 g/mol. The number of nitrogens with one attached hydrogen (secondary N) is 1. The molecule has 2 aliphatic rings. The minimum Gasteiger partial charge on any atom is -0.319 e. The van der Waals surface area contributed by atoms with Crippen molar-refractivity contribution >= 4 is 35.1 Å². The van der Waals surface area contributed by atoms with Crippen LogP contribution in [0, 0.1) is 0 Å². The maximum atomic E-state index is 13.3. The maximum Gasteiger partial charge on any atom is 0.325 e. The summed E-state index contributed by atoms with van der Waals surface area (Å²) < 4.78 is 0. The van der Waals surface area contributed by atoms with Crippen molar-refractivity contribution in [3.63, 3.8) is 0 Å². The van der Waals surface area contributed by atoms with E-state index in [0.29, 0.717) is 17.0 Å². The fraction of sp³-hybridized carbons (Fsp3) is 0.318. The summed E-state index contributed by atoms with van der Waals surface area (Å²) in [7, 11) is 0. The van der Waals surface area contributed by atoms with Crippen LogP contribution in [0.3, 0.4) is 0 Å². The predicted octanol–water partition coefficient (Wildman–Crippen LogP) is 3.47. The number of rotatable bonds is 4. The van der Waals surface area contributed by atoms with Crippen molar-refractivity contribution in [1.82, 2.24) is 10.2 Å². The van der Waals surface area contributed by atoms with Crippen LogP contribution in [-0.4, -0.2) is 35.3 Å². The Labute approximate surface area is 174 Å². The lowest BCUT2D eigenvalue weighted by molar-refractivity contribution is -0.134. The molecule has 1 saturated heterocycles. The Bertz CT molecular complexity index is 1010. The zero-order valence-corrected chi connectivity index (χ0v) is 17.1. The Balaban J connectivity index is 1.61. The number of halogens is 1. The molecule has 0 radical (unpaired) electrons. The van der Waals surface area contributed by atoms with Crippen LogP contribution in [0.25, 0.3) is 0 Å². The summed E-state index contributed by atoms with van der Waals surface area (Å²) in [5, 5.41) is 3.28. The van der Waals surface area contributed by atoms with Crippen molar-refractivity contribution in [1.29, 1.82) is 0 Å². The third kappa shape index (κ3) is 3.08. The van der Waals surface area contributed by atoms with E-state index in [0.717, 1.165) is 22.6 Å². The van der Waals surface area contributed by atoms with Crippen molar-refractivity contribution in [2.45, 2.75) is 38.3 Å². The Hall–Kier alpha value is -2.86. The molecule has 6 nitrogen and oxygen atoms in total. The van der Waals surface area contributed by atoms with Crippen LogP contribution in [0.1, 0.15) is 31.4 Å². The number of anilines is 1. The molecule has 7 heteroatoms. The highest BCUT2D eigenvalue weighted by Gasteiger charge is 2.52.